The van der Waals surface area contributed by atoms with Crippen LogP contribution in [0.1, 0.15) is 11.1 Å². The summed E-state index contributed by atoms with van der Waals surface area (Å²) >= 11 is 0. The van der Waals surface area contributed by atoms with Crippen molar-refractivity contribution in [2.24, 2.45) is 0 Å². The molecule has 1 rings (SSSR count). The van der Waals surface area contributed by atoms with Crippen LogP contribution >= 0.6 is 0 Å². The van der Waals surface area contributed by atoms with Gasteiger partial charge in [-0.3, -0.25) is 4.79 Å². The van der Waals surface area contributed by atoms with Gasteiger partial charge in [0.05, 0.1) is 22.9 Å². The maximum absolute atomic E-state index is 10.1. The maximum atomic E-state index is 10.1. The fourth-order valence-corrected chi connectivity index (χ4v) is 0.894. The Morgan fingerprint density at radius 3 is 2.62 bits per heavy atom. The van der Waals surface area contributed by atoms with Crippen LogP contribution in [-0.2, 0) is 4.79 Å². The highest BCUT2D eigenvalue weighted by Gasteiger charge is 2.01. The predicted octanol–water partition coefficient (Wildman–Crippen LogP) is 0.998. The Morgan fingerprint density at radius 2 is 2.08 bits per heavy atom. The van der Waals surface area contributed by atoms with Gasteiger partial charge in [0.25, 0.3) is 0 Å². The van der Waals surface area contributed by atoms with Crippen molar-refractivity contribution < 1.29 is 4.79 Å². The van der Waals surface area contributed by atoms with Gasteiger partial charge < -0.3 is 5.32 Å². The van der Waals surface area contributed by atoms with Crippen LogP contribution in [0, 0.1) is 22.7 Å². The summed E-state index contributed by atoms with van der Waals surface area (Å²) in [5, 5.41) is 19.5. The molecule has 1 amide bonds. The van der Waals surface area contributed by atoms with Gasteiger partial charge >= 0.3 is 0 Å². The van der Waals surface area contributed by atoms with E-state index in [1.165, 1.54) is 18.2 Å². The average molecular weight is 171 g/mol. The molecular formula is C9H5N3O. The number of amides is 1. The van der Waals surface area contributed by atoms with Gasteiger partial charge in [0.15, 0.2) is 0 Å². The first-order valence-electron chi connectivity index (χ1n) is 3.46. The molecule has 13 heavy (non-hydrogen) atoms. The molecule has 1 N–H and O–H groups in total. The minimum Gasteiger partial charge on any atom is -0.327 e. The summed E-state index contributed by atoms with van der Waals surface area (Å²) in [6.07, 6.45) is 0.470. The molecule has 0 unspecified atom stereocenters. The molecule has 62 valence electrons. The Hall–Kier alpha value is -2.33. The predicted molar refractivity (Wildman–Crippen MR) is 45.6 cm³/mol. The van der Waals surface area contributed by atoms with Crippen molar-refractivity contribution in [2.75, 3.05) is 5.32 Å². The van der Waals surface area contributed by atoms with E-state index >= 15 is 0 Å². The van der Waals surface area contributed by atoms with Crippen LogP contribution in [0.3, 0.4) is 0 Å². The number of hydrogen-bond acceptors (Lipinski definition) is 3. The fourth-order valence-electron chi connectivity index (χ4n) is 0.894. The van der Waals surface area contributed by atoms with Crippen LogP contribution in [0.4, 0.5) is 5.69 Å². The lowest BCUT2D eigenvalue weighted by Gasteiger charge is -2.00. The van der Waals surface area contributed by atoms with Crippen molar-refractivity contribution in [3.05, 3.63) is 29.3 Å². The second kappa shape index (κ2) is 3.89. The molecule has 0 saturated heterocycles. The standard InChI is InChI=1S/C9H5N3O/c10-4-7-1-2-8(5-11)9(3-7)12-6-13/h1-3,6H,(H,12,13). The molecule has 4 nitrogen and oxygen atoms in total. The van der Waals surface area contributed by atoms with E-state index in [1.54, 1.807) is 0 Å². The van der Waals surface area contributed by atoms with Gasteiger partial charge in [-0.25, -0.2) is 0 Å². The molecule has 0 aliphatic carbocycles. The number of nitrogens with one attached hydrogen (secondary N) is 1. The van der Waals surface area contributed by atoms with E-state index in [-0.39, 0.29) is 0 Å². The van der Waals surface area contributed by atoms with Crippen molar-refractivity contribution >= 4 is 12.1 Å². The van der Waals surface area contributed by atoms with Crippen LogP contribution in [0.25, 0.3) is 0 Å². The number of hydrogen-bond donors (Lipinski definition) is 1. The molecule has 0 aliphatic heterocycles. The lowest BCUT2D eigenvalue weighted by Crippen LogP contribution is -1.97. The van der Waals surface area contributed by atoms with Crippen LogP contribution in [0.5, 0.6) is 0 Å². The normalized spacial score (nSPS) is 8.15. The van der Waals surface area contributed by atoms with E-state index in [1.807, 2.05) is 12.1 Å². The van der Waals surface area contributed by atoms with E-state index in [2.05, 4.69) is 5.32 Å². The average Bonchev–Trinajstić information content (AvgIpc) is 2.18. The molecule has 4 heteroatoms. The summed E-state index contributed by atoms with van der Waals surface area (Å²) in [6, 6.07) is 8.28. The monoisotopic (exact) mass is 171 g/mol. The van der Waals surface area contributed by atoms with E-state index in [0.717, 1.165) is 0 Å². The highest BCUT2D eigenvalue weighted by atomic mass is 16.1. The molecule has 1 aromatic carbocycles. The van der Waals surface area contributed by atoms with E-state index < -0.39 is 0 Å². The quantitative estimate of drug-likeness (QED) is 0.674. The molecule has 0 aliphatic rings. The number of carbonyl (C=O) groups is 1. The molecule has 0 heterocycles. The Kier molecular flexibility index (Phi) is 2.62. The highest BCUT2D eigenvalue weighted by Crippen LogP contribution is 2.15. The number of anilines is 1. The van der Waals surface area contributed by atoms with E-state index in [0.29, 0.717) is 23.2 Å². The number of carbonyl (C=O) groups excluding carboxylic acids is 1. The van der Waals surface area contributed by atoms with Gasteiger partial charge in [-0.15, -0.1) is 0 Å². The van der Waals surface area contributed by atoms with Gasteiger partial charge in [-0.1, -0.05) is 0 Å². The molecule has 0 radical (unpaired) electrons. The van der Waals surface area contributed by atoms with Gasteiger partial charge in [0.1, 0.15) is 6.07 Å². The molecule has 0 aromatic heterocycles. The summed E-state index contributed by atoms with van der Waals surface area (Å²) in [6.45, 7) is 0. The first-order chi connectivity index (χ1) is 6.31. The summed E-state index contributed by atoms with van der Waals surface area (Å²) in [5.74, 6) is 0. The first-order valence-corrected chi connectivity index (χ1v) is 3.46. The zero-order chi connectivity index (χ0) is 9.68. The third-order valence-electron chi connectivity index (χ3n) is 1.48. The Balaban J connectivity index is 3.21. The van der Waals surface area contributed by atoms with Crippen LogP contribution in [0.2, 0.25) is 0 Å². The minimum atomic E-state index is 0.339. The second-order valence-electron chi connectivity index (χ2n) is 2.25. The van der Waals surface area contributed by atoms with Crippen LogP contribution in [0.15, 0.2) is 18.2 Å². The molecule has 0 spiro atoms. The zero-order valence-electron chi connectivity index (χ0n) is 6.61. The lowest BCUT2D eigenvalue weighted by atomic mass is 10.1. The Morgan fingerprint density at radius 1 is 1.31 bits per heavy atom. The van der Waals surface area contributed by atoms with Gasteiger partial charge in [0, 0.05) is 0 Å². The lowest BCUT2D eigenvalue weighted by molar-refractivity contribution is -0.105. The first kappa shape index (κ1) is 8.76. The van der Waals surface area contributed by atoms with Crippen molar-refractivity contribution in [3.8, 4) is 12.1 Å². The Labute approximate surface area is 75.0 Å². The third kappa shape index (κ3) is 1.82. The van der Waals surface area contributed by atoms with E-state index in [4.69, 9.17) is 10.5 Å². The maximum Gasteiger partial charge on any atom is 0.211 e. The number of nitriles is 2. The van der Waals surface area contributed by atoms with Gasteiger partial charge in [-0.05, 0) is 18.2 Å². The second-order valence-corrected chi connectivity index (χ2v) is 2.25. The Bertz CT molecular complexity index is 412. The summed E-state index contributed by atoms with van der Waals surface area (Å²) in [7, 11) is 0. The van der Waals surface area contributed by atoms with Crippen LogP contribution in [-0.4, -0.2) is 6.41 Å². The van der Waals surface area contributed by atoms with Gasteiger partial charge in [0.2, 0.25) is 6.41 Å². The van der Waals surface area contributed by atoms with Gasteiger partial charge in [-0.2, -0.15) is 10.5 Å². The number of benzene rings is 1. The molecule has 0 fully saturated rings. The summed E-state index contributed by atoms with van der Waals surface area (Å²) in [5.41, 5.74) is 1.10. The number of rotatable bonds is 2. The SMILES string of the molecule is N#Cc1ccc(C#N)c(NC=O)c1. The van der Waals surface area contributed by atoms with Crippen molar-refractivity contribution in [1.29, 1.82) is 10.5 Å². The smallest absolute Gasteiger partial charge is 0.211 e. The van der Waals surface area contributed by atoms with Crippen molar-refractivity contribution in [2.45, 2.75) is 0 Å². The molecule has 0 bridgehead atoms. The minimum absolute atomic E-state index is 0.339. The highest BCUT2D eigenvalue weighted by molar-refractivity contribution is 5.76. The summed E-state index contributed by atoms with van der Waals surface area (Å²) < 4.78 is 0. The molecular weight excluding hydrogens is 166 g/mol. The molecule has 0 saturated carbocycles. The van der Waals surface area contributed by atoms with Crippen molar-refractivity contribution in [3.63, 3.8) is 0 Å². The fraction of sp³-hybridized carbons (Fsp3) is 0. The summed E-state index contributed by atoms with van der Waals surface area (Å²) in [4.78, 5) is 10.1. The third-order valence-corrected chi connectivity index (χ3v) is 1.48. The largest absolute Gasteiger partial charge is 0.327 e. The van der Waals surface area contributed by atoms with E-state index in [9.17, 15) is 4.79 Å². The topological polar surface area (TPSA) is 76.7 Å². The molecule has 1 aromatic rings. The van der Waals surface area contributed by atoms with Crippen molar-refractivity contribution in [1.82, 2.24) is 0 Å². The van der Waals surface area contributed by atoms with Crippen LogP contribution < -0.4 is 5.32 Å². The molecule has 0 atom stereocenters. The number of nitrogens with zero attached hydrogens (tertiary/aromatic N) is 2. The zero-order valence-corrected chi connectivity index (χ0v) is 6.61.